The number of allylic oxidation sites excluding steroid dienone is 1. The Morgan fingerprint density at radius 1 is 0.900 bits per heavy atom. The second kappa shape index (κ2) is 5.96. The van der Waals surface area contributed by atoms with Gasteiger partial charge in [-0.3, -0.25) is 0 Å². The normalized spacial score (nSPS) is 14.8. The van der Waals surface area contributed by atoms with Gasteiger partial charge in [-0.1, -0.05) is 42.5 Å². The number of hydrogen-bond donors (Lipinski definition) is 0. The van der Waals surface area contributed by atoms with Crippen LogP contribution in [0, 0.1) is 0 Å². The molecule has 0 unspecified atom stereocenters. The zero-order valence-corrected chi connectivity index (χ0v) is 11.9. The minimum Gasteiger partial charge on any atom is -0.497 e. The van der Waals surface area contributed by atoms with Crippen LogP contribution in [0.2, 0.25) is 0 Å². The van der Waals surface area contributed by atoms with Gasteiger partial charge in [0.25, 0.3) is 0 Å². The molecule has 0 radical (unpaired) electrons. The van der Waals surface area contributed by atoms with E-state index in [0.29, 0.717) is 0 Å². The largest absolute Gasteiger partial charge is 0.497 e. The lowest BCUT2D eigenvalue weighted by atomic mass is 9.91. The molecule has 0 fully saturated rings. The molecule has 1 nitrogen and oxygen atoms in total. The fourth-order valence-corrected chi connectivity index (χ4v) is 2.84. The molecule has 0 bridgehead atoms. The number of ether oxygens (including phenoxy) is 1. The van der Waals surface area contributed by atoms with Crippen LogP contribution in [0.4, 0.5) is 0 Å². The van der Waals surface area contributed by atoms with Crippen molar-refractivity contribution in [2.24, 2.45) is 0 Å². The first-order chi connectivity index (χ1) is 9.86. The van der Waals surface area contributed by atoms with E-state index in [2.05, 4.69) is 54.6 Å². The van der Waals surface area contributed by atoms with E-state index < -0.39 is 0 Å². The Kier molecular flexibility index (Phi) is 3.87. The van der Waals surface area contributed by atoms with Crippen LogP contribution in [0.3, 0.4) is 0 Å². The van der Waals surface area contributed by atoms with Crippen LogP contribution in [-0.2, 0) is 6.42 Å². The maximum Gasteiger partial charge on any atom is 0.119 e. The minimum absolute atomic E-state index is 0.957. The van der Waals surface area contributed by atoms with Gasteiger partial charge in [-0.25, -0.2) is 0 Å². The van der Waals surface area contributed by atoms with Crippen LogP contribution < -0.4 is 4.74 Å². The van der Waals surface area contributed by atoms with Gasteiger partial charge in [-0.05, 0) is 60.1 Å². The first-order valence-corrected chi connectivity index (χ1v) is 7.30. The van der Waals surface area contributed by atoms with Crippen molar-refractivity contribution in [3.8, 4) is 5.75 Å². The van der Waals surface area contributed by atoms with Crippen LogP contribution in [0.25, 0.3) is 11.6 Å². The van der Waals surface area contributed by atoms with Crippen molar-refractivity contribution in [2.45, 2.75) is 25.7 Å². The highest BCUT2D eigenvalue weighted by Crippen LogP contribution is 2.30. The third-order valence-corrected chi connectivity index (χ3v) is 3.97. The summed E-state index contributed by atoms with van der Waals surface area (Å²) < 4.78 is 5.34. The Morgan fingerprint density at radius 2 is 1.70 bits per heavy atom. The van der Waals surface area contributed by atoms with E-state index in [1.165, 1.54) is 35.1 Å². The SMILES string of the molecule is COc1ccc2c(c1)CCCCC(c1ccccc1)=C2. The topological polar surface area (TPSA) is 9.23 Å². The van der Waals surface area contributed by atoms with E-state index in [9.17, 15) is 0 Å². The summed E-state index contributed by atoms with van der Waals surface area (Å²) in [5.41, 5.74) is 5.52. The third-order valence-electron chi connectivity index (χ3n) is 3.97. The van der Waals surface area contributed by atoms with Crippen LogP contribution in [0.1, 0.15) is 36.0 Å². The van der Waals surface area contributed by atoms with Crippen molar-refractivity contribution < 1.29 is 4.74 Å². The van der Waals surface area contributed by atoms with E-state index in [4.69, 9.17) is 4.74 Å². The Morgan fingerprint density at radius 3 is 2.50 bits per heavy atom. The number of methoxy groups -OCH3 is 1. The Labute approximate surface area is 120 Å². The zero-order valence-electron chi connectivity index (χ0n) is 11.9. The fourth-order valence-electron chi connectivity index (χ4n) is 2.84. The summed E-state index contributed by atoms with van der Waals surface area (Å²) in [6, 6.07) is 17.1. The van der Waals surface area contributed by atoms with Crippen molar-refractivity contribution in [1.82, 2.24) is 0 Å². The van der Waals surface area contributed by atoms with Gasteiger partial charge in [0.15, 0.2) is 0 Å². The van der Waals surface area contributed by atoms with Gasteiger partial charge in [0, 0.05) is 0 Å². The van der Waals surface area contributed by atoms with Crippen molar-refractivity contribution in [2.75, 3.05) is 7.11 Å². The highest BCUT2D eigenvalue weighted by Gasteiger charge is 2.09. The molecule has 102 valence electrons. The highest BCUT2D eigenvalue weighted by molar-refractivity contribution is 5.82. The third kappa shape index (κ3) is 2.77. The number of hydrogen-bond acceptors (Lipinski definition) is 1. The molecule has 0 aromatic heterocycles. The molecule has 20 heavy (non-hydrogen) atoms. The molecule has 1 aliphatic rings. The van der Waals surface area contributed by atoms with E-state index in [0.717, 1.165) is 18.6 Å². The van der Waals surface area contributed by atoms with Gasteiger partial charge < -0.3 is 4.74 Å². The number of benzene rings is 2. The van der Waals surface area contributed by atoms with Gasteiger partial charge in [0.2, 0.25) is 0 Å². The molecule has 0 amide bonds. The summed E-state index contributed by atoms with van der Waals surface area (Å²) in [6.07, 6.45) is 7.14. The summed E-state index contributed by atoms with van der Waals surface area (Å²) in [6.45, 7) is 0. The molecule has 0 aliphatic heterocycles. The standard InChI is InChI=1S/C19H20O/c1-20-19-12-11-18-13-16(15-7-3-2-4-8-15)9-5-6-10-17(18)14-19/h2-4,7-8,11-14H,5-6,9-10H2,1H3. The van der Waals surface area contributed by atoms with E-state index in [1.807, 2.05) is 0 Å². The average molecular weight is 264 g/mol. The molecule has 1 heteroatoms. The molecule has 2 aromatic rings. The molecule has 0 spiro atoms. The first kappa shape index (κ1) is 13.0. The molecular weight excluding hydrogens is 244 g/mol. The maximum absolute atomic E-state index is 5.34. The van der Waals surface area contributed by atoms with Crippen molar-refractivity contribution in [3.05, 3.63) is 65.2 Å². The van der Waals surface area contributed by atoms with Crippen molar-refractivity contribution in [3.63, 3.8) is 0 Å². The minimum atomic E-state index is 0.957. The first-order valence-electron chi connectivity index (χ1n) is 7.30. The fraction of sp³-hybridized carbons (Fsp3) is 0.263. The molecular formula is C19H20O. The second-order valence-electron chi connectivity index (χ2n) is 5.31. The summed E-state index contributed by atoms with van der Waals surface area (Å²) in [5.74, 6) is 0.957. The lowest BCUT2D eigenvalue weighted by Crippen LogP contribution is -1.97. The second-order valence-corrected chi connectivity index (χ2v) is 5.31. The van der Waals surface area contributed by atoms with Crippen LogP contribution in [-0.4, -0.2) is 7.11 Å². The van der Waals surface area contributed by atoms with Gasteiger partial charge in [0.05, 0.1) is 7.11 Å². The summed E-state index contributed by atoms with van der Waals surface area (Å²) >= 11 is 0. The van der Waals surface area contributed by atoms with E-state index in [-0.39, 0.29) is 0 Å². The number of aryl methyl sites for hydroxylation is 1. The summed E-state index contributed by atoms with van der Waals surface area (Å²) in [7, 11) is 1.73. The summed E-state index contributed by atoms with van der Waals surface area (Å²) in [4.78, 5) is 0. The average Bonchev–Trinajstić information content (AvgIpc) is 2.49. The predicted octanol–water partition coefficient (Wildman–Crippen LogP) is 4.96. The predicted molar refractivity (Wildman–Crippen MR) is 84.9 cm³/mol. The molecule has 0 atom stereocenters. The quantitative estimate of drug-likeness (QED) is 0.744. The number of fused-ring (bicyclic) bond motifs is 1. The molecule has 3 rings (SSSR count). The van der Waals surface area contributed by atoms with Crippen molar-refractivity contribution >= 4 is 11.6 Å². The van der Waals surface area contributed by atoms with Crippen LogP contribution >= 0.6 is 0 Å². The molecule has 0 heterocycles. The van der Waals surface area contributed by atoms with E-state index in [1.54, 1.807) is 7.11 Å². The molecule has 0 N–H and O–H groups in total. The lowest BCUT2D eigenvalue weighted by molar-refractivity contribution is 0.414. The molecule has 2 aromatic carbocycles. The van der Waals surface area contributed by atoms with Gasteiger partial charge in [0.1, 0.15) is 5.75 Å². The summed E-state index contributed by atoms with van der Waals surface area (Å²) in [5, 5.41) is 0. The van der Waals surface area contributed by atoms with Crippen LogP contribution in [0.15, 0.2) is 48.5 Å². The Balaban J connectivity index is 2.03. The van der Waals surface area contributed by atoms with Gasteiger partial charge in [-0.2, -0.15) is 0 Å². The van der Waals surface area contributed by atoms with Gasteiger partial charge in [-0.15, -0.1) is 0 Å². The zero-order chi connectivity index (χ0) is 13.8. The maximum atomic E-state index is 5.34. The van der Waals surface area contributed by atoms with Crippen LogP contribution in [0.5, 0.6) is 5.75 Å². The molecule has 0 saturated heterocycles. The highest BCUT2D eigenvalue weighted by atomic mass is 16.5. The van der Waals surface area contributed by atoms with E-state index >= 15 is 0 Å². The lowest BCUT2D eigenvalue weighted by Gasteiger charge is -2.15. The number of rotatable bonds is 2. The Bertz CT molecular complexity index is 611. The Hall–Kier alpha value is -2.02. The molecule has 0 saturated carbocycles. The van der Waals surface area contributed by atoms with Gasteiger partial charge >= 0.3 is 0 Å². The molecule has 1 aliphatic carbocycles. The van der Waals surface area contributed by atoms with Crippen molar-refractivity contribution in [1.29, 1.82) is 0 Å². The smallest absolute Gasteiger partial charge is 0.119 e. The monoisotopic (exact) mass is 264 g/mol.